The van der Waals surface area contributed by atoms with Crippen LogP contribution in [0.2, 0.25) is 0 Å². The van der Waals surface area contributed by atoms with Gasteiger partial charge in [0.2, 0.25) is 5.91 Å². The van der Waals surface area contributed by atoms with E-state index in [2.05, 4.69) is 16.0 Å². The van der Waals surface area contributed by atoms with Crippen LogP contribution in [-0.2, 0) is 4.79 Å². The van der Waals surface area contributed by atoms with Gasteiger partial charge in [-0.05, 0) is 17.7 Å². The molecule has 0 bridgehead atoms. The fraction of sp³-hybridized carbons (Fsp3) is 0.273. The Kier molecular flexibility index (Phi) is 3.13. The molecular weight excluding hydrogens is 220 g/mol. The summed E-state index contributed by atoms with van der Waals surface area (Å²) in [6, 6.07) is 7.48. The minimum Gasteiger partial charge on any atom is -0.497 e. The number of methoxy groups -OCH3 is 1. The summed E-state index contributed by atoms with van der Waals surface area (Å²) in [5.41, 5.74) is 6.14. The zero-order valence-electron chi connectivity index (χ0n) is 9.43. The third-order valence-corrected chi connectivity index (χ3v) is 2.71. The zero-order valence-corrected chi connectivity index (χ0v) is 9.43. The Labute approximate surface area is 98.8 Å². The van der Waals surface area contributed by atoms with Crippen molar-refractivity contribution in [1.82, 2.24) is 10.9 Å². The lowest BCUT2D eigenvalue weighted by atomic mass is 9.93. The number of amidine groups is 1. The number of ether oxygens (including phenoxy) is 1. The van der Waals surface area contributed by atoms with E-state index in [1.54, 1.807) is 7.11 Å². The first-order valence-corrected chi connectivity index (χ1v) is 5.21. The Morgan fingerprint density at radius 2 is 2.06 bits per heavy atom. The number of nitrogens with one attached hydrogen (secondary N) is 2. The van der Waals surface area contributed by atoms with E-state index >= 15 is 0 Å². The van der Waals surface area contributed by atoms with E-state index in [-0.39, 0.29) is 11.8 Å². The fourth-order valence-electron chi connectivity index (χ4n) is 1.79. The van der Waals surface area contributed by atoms with Crippen molar-refractivity contribution in [1.29, 1.82) is 0 Å². The van der Waals surface area contributed by atoms with Gasteiger partial charge in [-0.15, -0.1) is 0 Å². The average Bonchev–Trinajstić information content (AvgIpc) is 2.39. The molecule has 1 atom stereocenters. The third-order valence-electron chi connectivity index (χ3n) is 2.71. The molecule has 6 nitrogen and oxygen atoms in total. The van der Waals surface area contributed by atoms with Crippen molar-refractivity contribution < 1.29 is 9.53 Å². The second kappa shape index (κ2) is 4.73. The van der Waals surface area contributed by atoms with Crippen LogP contribution in [0.1, 0.15) is 17.9 Å². The number of hydrazone groups is 1. The molecule has 0 radical (unpaired) electrons. The number of hydrogen-bond donors (Lipinski definition) is 3. The van der Waals surface area contributed by atoms with Gasteiger partial charge in [0.15, 0.2) is 0 Å². The van der Waals surface area contributed by atoms with Gasteiger partial charge in [-0.3, -0.25) is 15.6 Å². The Morgan fingerprint density at radius 1 is 1.35 bits per heavy atom. The van der Waals surface area contributed by atoms with Crippen molar-refractivity contribution in [3.8, 4) is 5.75 Å². The Bertz CT molecular complexity index is 441. The van der Waals surface area contributed by atoms with Gasteiger partial charge in [-0.2, -0.15) is 5.10 Å². The molecule has 90 valence electrons. The third kappa shape index (κ3) is 2.30. The number of rotatable bonds is 2. The molecule has 6 heteroatoms. The Hall–Kier alpha value is -2.24. The van der Waals surface area contributed by atoms with Crippen LogP contribution >= 0.6 is 0 Å². The number of nitrogens with two attached hydrogens (primary N) is 1. The summed E-state index contributed by atoms with van der Waals surface area (Å²) in [5, 5.41) is 3.64. The summed E-state index contributed by atoms with van der Waals surface area (Å²) in [6.07, 6.45) is 0.329. The van der Waals surface area contributed by atoms with Gasteiger partial charge < -0.3 is 10.6 Å². The molecule has 4 N–H and O–H groups in total. The largest absolute Gasteiger partial charge is 0.497 e. The maximum atomic E-state index is 11.3. The quantitative estimate of drug-likeness (QED) is 0.499. The predicted molar refractivity (Wildman–Crippen MR) is 63.3 cm³/mol. The van der Waals surface area contributed by atoms with E-state index in [1.807, 2.05) is 24.3 Å². The molecule has 1 aromatic carbocycles. The normalized spacial score (nSPS) is 21.8. The highest BCUT2D eigenvalue weighted by atomic mass is 16.5. The van der Waals surface area contributed by atoms with E-state index < -0.39 is 0 Å². The van der Waals surface area contributed by atoms with Gasteiger partial charge in [0, 0.05) is 6.42 Å². The molecular formula is C11H14N4O2. The summed E-state index contributed by atoms with van der Waals surface area (Å²) >= 11 is 0. The topological polar surface area (TPSA) is 88.7 Å². The molecule has 1 amide bonds. The van der Waals surface area contributed by atoms with Crippen molar-refractivity contribution in [2.75, 3.05) is 7.11 Å². The number of carbonyl (C=O) groups is 1. The van der Waals surface area contributed by atoms with Crippen molar-refractivity contribution in [3.63, 3.8) is 0 Å². The first kappa shape index (κ1) is 11.3. The van der Waals surface area contributed by atoms with Gasteiger partial charge in [0.05, 0.1) is 13.0 Å². The summed E-state index contributed by atoms with van der Waals surface area (Å²) in [7, 11) is 1.61. The molecule has 2 rings (SSSR count). The van der Waals surface area contributed by atoms with Gasteiger partial charge in [0.1, 0.15) is 11.6 Å². The number of hydrazine groups is 1. The number of carbonyl (C=O) groups excluding carboxylic acids is 1. The number of amides is 1. The molecule has 1 saturated heterocycles. The van der Waals surface area contributed by atoms with E-state index in [4.69, 9.17) is 10.6 Å². The molecule has 1 aliphatic heterocycles. The van der Waals surface area contributed by atoms with Crippen molar-refractivity contribution in [2.45, 2.75) is 12.3 Å². The predicted octanol–water partition coefficient (Wildman–Crippen LogP) is 0.0755. The van der Waals surface area contributed by atoms with Crippen LogP contribution in [-0.4, -0.2) is 18.9 Å². The molecule has 1 fully saturated rings. The van der Waals surface area contributed by atoms with E-state index in [1.165, 1.54) is 0 Å². The van der Waals surface area contributed by atoms with Crippen LogP contribution in [0.4, 0.5) is 0 Å². The first-order chi connectivity index (χ1) is 8.24. The number of benzene rings is 1. The van der Waals surface area contributed by atoms with Crippen LogP contribution in [0, 0.1) is 0 Å². The first-order valence-electron chi connectivity index (χ1n) is 5.21. The lowest BCUT2D eigenvalue weighted by molar-refractivity contribution is -0.122. The van der Waals surface area contributed by atoms with Gasteiger partial charge in [0.25, 0.3) is 0 Å². The lowest BCUT2D eigenvalue weighted by Crippen LogP contribution is -2.50. The van der Waals surface area contributed by atoms with Gasteiger partial charge >= 0.3 is 0 Å². The summed E-state index contributed by atoms with van der Waals surface area (Å²) in [5.74, 6) is 6.38. The monoisotopic (exact) mass is 234 g/mol. The van der Waals surface area contributed by atoms with Crippen LogP contribution in [0.25, 0.3) is 0 Å². The zero-order chi connectivity index (χ0) is 12.3. The smallest absolute Gasteiger partial charge is 0.239 e. The van der Waals surface area contributed by atoms with Crippen molar-refractivity contribution in [3.05, 3.63) is 29.8 Å². The highest BCUT2D eigenvalue weighted by molar-refractivity contribution is 5.97. The highest BCUT2D eigenvalue weighted by Gasteiger charge is 2.26. The van der Waals surface area contributed by atoms with Crippen LogP contribution in [0.3, 0.4) is 0 Å². The highest BCUT2D eigenvalue weighted by Crippen LogP contribution is 2.24. The molecule has 1 aliphatic rings. The average molecular weight is 234 g/mol. The van der Waals surface area contributed by atoms with Crippen molar-refractivity contribution >= 4 is 11.7 Å². The molecule has 0 spiro atoms. The molecule has 0 saturated carbocycles. The molecule has 0 aliphatic carbocycles. The summed E-state index contributed by atoms with van der Waals surface area (Å²) in [6.45, 7) is 0. The Morgan fingerprint density at radius 3 is 2.65 bits per heavy atom. The van der Waals surface area contributed by atoms with Gasteiger partial charge in [-0.1, -0.05) is 12.1 Å². The molecule has 0 aromatic heterocycles. The molecule has 1 heterocycles. The molecule has 1 aromatic rings. The maximum absolute atomic E-state index is 11.3. The van der Waals surface area contributed by atoms with E-state index in [9.17, 15) is 4.79 Å². The lowest BCUT2D eigenvalue weighted by Gasteiger charge is -2.25. The van der Waals surface area contributed by atoms with E-state index in [0.29, 0.717) is 12.3 Å². The van der Waals surface area contributed by atoms with Gasteiger partial charge in [-0.25, -0.2) is 0 Å². The molecule has 1 unspecified atom stereocenters. The second-order valence-electron chi connectivity index (χ2n) is 3.72. The fourth-order valence-corrected chi connectivity index (χ4v) is 1.79. The van der Waals surface area contributed by atoms with Crippen molar-refractivity contribution in [2.24, 2.45) is 10.9 Å². The number of hydrogen-bond acceptors (Lipinski definition) is 4. The Balaban J connectivity index is 2.26. The standard InChI is InChI=1S/C11H14N4O2/c1-17-8-4-2-7(3-5-8)9-6-10(16)14-15-11(9)13-12/h2-5,9H,6,12H2,1H3,(H,13,15)(H,14,16). The minimum atomic E-state index is -0.139. The minimum absolute atomic E-state index is 0.0850. The second-order valence-corrected chi connectivity index (χ2v) is 3.72. The van der Waals surface area contributed by atoms with E-state index in [0.717, 1.165) is 11.3 Å². The van der Waals surface area contributed by atoms with Crippen LogP contribution in [0.15, 0.2) is 29.4 Å². The maximum Gasteiger partial charge on any atom is 0.239 e. The van der Waals surface area contributed by atoms with Crippen LogP contribution < -0.4 is 21.4 Å². The summed E-state index contributed by atoms with van der Waals surface area (Å²) in [4.78, 5) is 11.3. The molecule has 17 heavy (non-hydrogen) atoms. The number of nitrogens with zero attached hydrogens (tertiary/aromatic N) is 1. The van der Waals surface area contributed by atoms with Crippen LogP contribution in [0.5, 0.6) is 5.75 Å². The summed E-state index contributed by atoms with van der Waals surface area (Å²) < 4.78 is 5.08. The SMILES string of the molecule is COc1ccc(C2CC(=O)NN/C2=N\N)cc1.